The number of aliphatic hydroxyl groups is 1. The van der Waals surface area contributed by atoms with Crippen LogP contribution in [0.15, 0.2) is 0 Å². The van der Waals surface area contributed by atoms with Crippen molar-refractivity contribution in [3.05, 3.63) is 0 Å². The van der Waals surface area contributed by atoms with Crippen molar-refractivity contribution in [3.8, 4) is 0 Å². The third-order valence-electron chi connectivity index (χ3n) is 2.57. The molecule has 0 aliphatic carbocycles. The molecule has 0 saturated heterocycles. The number of aliphatic hydroxyl groups excluding tert-OH is 1. The summed E-state index contributed by atoms with van der Waals surface area (Å²) in [6.07, 6.45) is 1.49. The lowest BCUT2D eigenvalue weighted by atomic mass is 9.84. The summed E-state index contributed by atoms with van der Waals surface area (Å²) in [7, 11) is 0. The third kappa shape index (κ3) is 6.08. The van der Waals surface area contributed by atoms with Crippen LogP contribution in [0.3, 0.4) is 0 Å². The molecule has 0 aromatic heterocycles. The highest BCUT2D eigenvalue weighted by Gasteiger charge is 2.24. The van der Waals surface area contributed by atoms with Gasteiger partial charge in [-0.25, -0.2) is 0 Å². The summed E-state index contributed by atoms with van der Waals surface area (Å²) in [5, 5.41) is 11.8. The van der Waals surface area contributed by atoms with Crippen molar-refractivity contribution in [2.24, 2.45) is 17.1 Å². The lowest BCUT2D eigenvalue weighted by Crippen LogP contribution is -2.43. The Morgan fingerprint density at radius 2 is 2.00 bits per heavy atom. The number of hydrogen-bond donors (Lipinski definition) is 3. The second-order valence-electron chi connectivity index (χ2n) is 5.49. The standard InChI is InChI=1S/C12H26N2O2/c1-5-10(8-15)14-11(16)9(7-13)6-12(2,3)4/h9-10,15H,5-8,13H2,1-4H3,(H,14,16)/t9?,10-/m1/s1. The van der Waals surface area contributed by atoms with Crippen LogP contribution in [0, 0.1) is 11.3 Å². The van der Waals surface area contributed by atoms with Gasteiger partial charge in [-0.2, -0.15) is 0 Å². The highest BCUT2D eigenvalue weighted by Crippen LogP contribution is 2.24. The van der Waals surface area contributed by atoms with Crippen molar-refractivity contribution in [1.82, 2.24) is 5.32 Å². The van der Waals surface area contributed by atoms with Gasteiger partial charge in [0.25, 0.3) is 0 Å². The Morgan fingerprint density at radius 1 is 1.44 bits per heavy atom. The molecular formula is C12H26N2O2. The van der Waals surface area contributed by atoms with Gasteiger partial charge in [0.15, 0.2) is 0 Å². The maximum Gasteiger partial charge on any atom is 0.224 e. The van der Waals surface area contributed by atoms with Crippen molar-refractivity contribution in [2.75, 3.05) is 13.2 Å². The molecule has 0 aromatic rings. The number of nitrogens with two attached hydrogens (primary N) is 1. The average Bonchev–Trinajstić information content (AvgIpc) is 2.20. The summed E-state index contributed by atoms with van der Waals surface area (Å²) in [6, 6.07) is -0.151. The quantitative estimate of drug-likeness (QED) is 0.634. The fourth-order valence-electron chi connectivity index (χ4n) is 1.62. The van der Waals surface area contributed by atoms with Gasteiger partial charge < -0.3 is 16.2 Å². The van der Waals surface area contributed by atoms with E-state index in [-0.39, 0.29) is 29.9 Å². The first-order valence-electron chi connectivity index (χ1n) is 5.95. The van der Waals surface area contributed by atoms with E-state index in [9.17, 15) is 4.79 Å². The van der Waals surface area contributed by atoms with Crippen molar-refractivity contribution < 1.29 is 9.90 Å². The molecule has 0 saturated carbocycles. The Morgan fingerprint density at radius 3 is 2.31 bits per heavy atom. The summed E-state index contributed by atoms with van der Waals surface area (Å²) < 4.78 is 0. The first kappa shape index (κ1) is 15.4. The van der Waals surface area contributed by atoms with Gasteiger partial charge in [0.1, 0.15) is 0 Å². The summed E-state index contributed by atoms with van der Waals surface area (Å²) in [5.41, 5.74) is 5.70. The van der Waals surface area contributed by atoms with E-state index in [4.69, 9.17) is 10.8 Å². The minimum absolute atomic E-state index is 0.0188. The van der Waals surface area contributed by atoms with Gasteiger partial charge >= 0.3 is 0 Å². The molecule has 4 N–H and O–H groups in total. The smallest absolute Gasteiger partial charge is 0.224 e. The molecule has 4 nitrogen and oxygen atoms in total. The highest BCUT2D eigenvalue weighted by molar-refractivity contribution is 5.79. The van der Waals surface area contributed by atoms with E-state index in [0.29, 0.717) is 6.54 Å². The molecule has 1 unspecified atom stereocenters. The number of carbonyl (C=O) groups is 1. The van der Waals surface area contributed by atoms with E-state index in [0.717, 1.165) is 12.8 Å². The molecule has 0 radical (unpaired) electrons. The van der Waals surface area contributed by atoms with Gasteiger partial charge in [0.05, 0.1) is 18.6 Å². The van der Waals surface area contributed by atoms with Crippen LogP contribution in [0.4, 0.5) is 0 Å². The molecule has 4 heteroatoms. The minimum Gasteiger partial charge on any atom is -0.394 e. The van der Waals surface area contributed by atoms with Crippen LogP contribution in [0.1, 0.15) is 40.5 Å². The maximum absolute atomic E-state index is 11.9. The Kier molecular flexibility index (Phi) is 6.60. The Balaban J connectivity index is 4.31. The first-order valence-corrected chi connectivity index (χ1v) is 5.95. The molecule has 0 aliphatic heterocycles. The van der Waals surface area contributed by atoms with Gasteiger partial charge in [0.2, 0.25) is 5.91 Å². The van der Waals surface area contributed by atoms with Crippen LogP contribution in [-0.4, -0.2) is 30.2 Å². The van der Waals surface area contributed by atoms with E-state index >= 15 is 0 Å². The van der Waals surface area contributed by atoms with Crippen molar-refractivity contribution in [2.45, 2.75) is 46.6 Å². The normalized spacial score (nSPS) is 15.6. The van der Waals surface area contributed by atoms with E-state index in [2.05, 4.69) is 26.1 Å². The van der Waals surface area contributed by atoms with E-state index < -0.39 is 0 Å². The molecule has 2 atom stereocenters. The van der Waals surface area contributed by atoms with Gasteiger partial charge in [-0.15, -0.1) is 0 Å². The Labute approximate surface area is 98.6 Å². The molecule has 0 heterocycles. The molecule has 0 bridgehead atoms. The molecular weight excluding hydrogens is 204 g/mol. The van der Waals surface area contributed by atoms with Crippen molar-refractivity contribution in [1.29, 1.82) is 0 Å². The van der Waals surface area contributed by atoms with Crippen LogP contribution >= 0.6 is 0 Å². The number of hydrogen-bond acceptors (Lipinski definition) is 3. The highest BCUT2D eigenvalue weighted by atomic mass is 16.3. The predicted molar refractivity (Wildman–Crippen MR) is 65.9 cm³/mol. The fraction of sp³-hybridized carbons (Fsp3) is 0.917. The molecule has 0 aromatic carbocycles. The van der Waals surface area contributed by atoms with Gasteiger partial charge in [-0.3, -0.25) is 4.79 Å². The number of rotatable bonds is 6. The zero-order chi connectivity index (χ0) is 12.8. The largest absolute Gasteiger partial charge is 0.394 e. The first-order chi connectivity index (χ1) is 7.34. The lowest BCUT2D eigenvalue weighted by Gasteiger charge is -2.26. The zero-order valence-electron chi connectivity index (χ0n) is 10.9. The summed E-state index contributed by atoms with van der Waals surface area (Å²) >= 11 is 0. The molecule has 0 fully saturated rings. The molecule has 0 aliphatic rings. The molecule has 96 valence electrons. The summed E-state index contributed by atoms with van der Waals surface area (Å²) in [4.78, 5) is 11.9. The SMILES string of the molecule is CC[C@H](CO)NC(=O)C(CN)CC(C)(C)C. The van der Waals surface area contributed by atoms with E-state index in [1.165, 1.54) is 0 Å². The second-order valence-corrected chi connectivity index (χ2v) is 5.49. The molecule has 0 spiro atoms. The zero-order valence-corrected chi connectivity index (χ0v) is 10.9. The molecule has 0 rings (SSSR count). The minimum atomic E-state index is -0.166. The van der Waals surface area contributed by atoms with E-state index in [1.807, 2.05) is 6.92 Å². The van der Waals surface area contributed by atoms with Gasteiger partial charge in [-0.1, -0.05) is 27.7 Å². The molecule has 1 amide bonds. The van der Waals surface area contributed by atoms with Crippen LogP contribution in [0.5, 0.6) is 0 Å². The lowest BCUT2D eigenvalue weighted by molar-refractivity contribution is -0.126. The van der Waals surface area contributed by atoms with Crippen LogP contribution in [0.2, 0.25) is 0 Å². The Hall–Kier alpha value is -0.610. The Bertz CT molecular complexity index is 208. The van der Waals surface area contributed by atoms with E-state index in [1.54, 1.807) is 0 Å². The number of amides is 1. The van der Waals surface area contributed by atoms with Gasteiger partial charge in [-0.05, 0) is 18.3 Å². The van der Waals surface area contributed by atoms with Crippen LogP contribution in [-0.2, 0) is 4.79 Å². The van der Waals surface area contributed by atoms with Crippen LogP contribution in [0.25, 0.3) is 0 Å². The molecule has 16 heavy (non-hydrogen) atoms. The maximum atomic E-state index is 11.9. The summed E-state index contributed by atoms with van der Waals surface area (Å²) in [5.74, 6) is -0.209. The van der Waals surface area contributed by atoms with Crippen molar-refractivity contribution >= 4 is 5.91 Å². The van der Waals surface area contributed by atoms with Gasteiger partial charge in [0, 0.05) is 6.54 Å². The monoisotopic (exact) mass is 230 g/mol. The predicted octanol–water partition coefficient (Wildman–Crippen LogP) is 0.885. The van der Waals surface area contributed by atoms with Crippen LogP contribution < -0.4 is 11.1 Å². The average molecular weight is 230 g/mol. The van der Waals surface area contributed by atoms with Crippen molar-refractivity contribution in [3.63, 3.8) is 0 Å². The number of nitrogens with one attached hydrogen (secondary N) is 1. The fourth-order valence-corrected chi connectivity index (χ4v) is 1.62. The topological polar surface area (TPSA) is 75.3 Å². The summed E-state index contributed by atoms with van der Waals surface area (Å²) in [6.45, 7) is 8.53. The third-order valence-corrected chi connectivity index (χ3v) is 2.57. The second kappa shape index (κ2) is 6.86. The number of carbonyl (C=O) groups excluding carboxylic acids is 1.